The molecule has 0 saturated heterocycles. The molecule has 0 unspecified atom stereocenters. The van der Waals surface area contributed by atoms with Crippen molar-refractivity contribution in [3.05, 3.63) is 0 Å². The van der Waals surface area contributed by atoms with E-state index in [4.69, 9.17) is 5.73 Å². The predicted molar refractivity (Wildman–Crippen MR) is 74.2 cm³/mol. The smallest absolute Gasteiger partial charge is 0.223 e. The highest BCUT2D eigenvalue weighted by molar-refractivity contribution is 5.79. The van der Waals surface area contributed by atoms with Gasteiger partial charge >= 0.3 is 0 Å². The Morgan fingerprint density at radius 1 is 1.11 bits per heavy atom. The molecule has 3 nitrogen and oxygen atoms in total. The molecule has 1 amide bonds. The number of nitrogens with two attached hydrogens (primary N) is 1. The summed E-state index contributed by atoms with van der Waals surface area (Å²) in [5.74, 6) is 0.619. The highest BCUT2D eigenvalue weighted by atomic mass is 16.2. The van der Waals surface area contributed by atoms with Crippen LogP contribution < -0.4 is 11.1 Å². The monoisotopic (exact) mass is 252 g/mol. The highest BCUT2D eigenvalue weighted by Gasteiger charge is 2.35. The van der Waals surface area contributed by atoms with Gasteiger partial charge in [0.1, 0.15) is 0 Å². The third-order valence-electron chi connectivity index (χ3n) is 4.78. The minimum atomic E-state index is 0.0806. The fourth-order valence-electron chi connectivity index (χ4n) is 3.66. The summed E-state index contributed by atoms with van der Waals surface area (Å²) in [6.07, 6.45) is 12.9. The lowest BCUT2D eigenvalue weighted by Crippen LogP contribution is -2.51. The summed E-state index contributed by atoms with van der Waals surface area (Å²) in [4.78, 5) is 12.3. The van der Waals surface area contributed by atoms with Crippen LogP contribution in [0.5, 0.6) is 0 Å². The van der Waals surface area contributed by atoms with E-state index < -0.39 is 0 Å². The molecule has 3 N–H and O–H groups in total. The lowest BCUT2D eigenvalue weighted by Gasteiger charge is -2.39. The van der Waals surface area contributed by atoms with Gasteiger partial charge in [0.2, 0.25) is 5.91 Å². The second-order valence-corrected chi connectivity index (χ2v) is 6.20. The maximum Gasteiger partial charge on any atom is 0.223 e. The fraction of sp³-hybridized carbons (Fsp3) is 0.933. The van der Waals surface area contributed by atoms with Gasteiger partial charge < -0.3 is 11.1 Å². The number of hydrogen-bond donors (Lipinski definition) is 2. The van der Waals surface area contributed by atoms with Gasteiger partial charge in [-0.3, -0.25) is 4.79 Å². The van der Waals surface area contributed by atoms with Crippen LogP contribution in [0.2, 0.25) is 0 Å². The minimum Gasteiger partial charge on any atom is -0.350 e. The molecular formula is C15H28N2O. The first-order valence-corrected chi connectivity index (χ1v) is 7.78. The largest absolute Gasteiger partial charge is 0.350 e. The van der Waals surface area contributed by atoms with Crippen LogP contribution in [0.4, 0.5) is 0 Å². The van der Waals surface area contributed by atoms with E-state index >= 15 is 0 Å². The quantitative estimate of drug-likeness (QED) is 0.790. The van der Waals surface area contributed by atoms with E-state index in [2.05, 4.69) is 5.32 Å². The van der Waals surface area contributed by atoms with Crippen molar-refractivity contribution in [1.82, 2.24) is 5.32 Å². The molecule has 0 atom stereocenters. The lowest BCUT2D eigenvalue weighted by atomic mass is 9.78. The van der Waals surface area contributed by atoms with Crippen LogP contribution in [0, 0.1) is 5.92 Å². The number of nitrogens with one attached hydrogen (secondary N) is 1. The van der Waals surface area contributed by atoms with Crippen LogP contribution >= 0.6 is 0 Å². The maximum atomic E-state index is 12.3. The predicted octanol–water partition coefficient (Wildman–Crippen LogP) is 2.73. The highest BCUT2D eigenvalue weighted by Crippen LogP contribution is 2.33. The van der Waals surface area contributed by atoms with Gasteiger partial charge in [-0.15, -0.1) is 0 Å². The zero-order chi connectivity index (χ0) is 12.8. The molecule has 0 aromatic carbocycles. The van der Waals surface area contributed by atoms with Crippen molar-refractivity contribution in [1.29, 1.82) is 0 Å². The first kappa shape index (κ1) is 13.9. The van der Waals surface area contributed by atoms with Gasteiger partial charge in [0, 0.05) is 11.5 Å². The Hall–Kier alpha value is -0.570. The van der Waals surface area contributed by atoms with Crippen LogP contribution in [0.25, 0.3) is 0 Å². The molecule has 0 aromatic heterocycles. The Balaban J connectivity index is 1.92. The van der Waals surface area contributed by atoms with Crippen molar-refractivity contribution < 1.29 is 4.79 Å². The SMILES string of the molecule is NCCCC1(NC(=O)C2CCCC2)CCCCC1. The van der Waals surface area contributed by atoms with Gasteiger partial charge in [0.05, 0.1) is 0 Å². The summed E-state index contributed by atoms with van der Waals surface area (Å²) < 4.78 is 0. The molecule has 2 saturated carbocycles. The molecule has 0 radical (unpaired) electrons. The average Bonchev–Trinajstić information content (AvgIpc) is 2.91. The molecule has 2 aliphatic rings. The minimum absolute atomic E-state index is 0.0806. The van der Waals surface area contributed by atoms with Gasteiger partial charge in [0.25, 0.3) is 0 Å². The number of carbonyl (C=O) groups is 1. The molecule has 2 rings (SSSR count). The summed E-state index contributed by atoms with van der Waals surface area (Å²) in [5, 5.41) is 3.41. The normalized spacial score (nSPS) is 24.1. The van der Waals surface area contributed by atoms with Crippen LogP contribution in [0.1, 0.15) is 70.6 Å². The standard InChI is InChI=1S/C15H28N2O/c16-12-6-11-15(9-4-1-5-10-15)17-14(18)13-7-2-3-8-13/h13H,1-12,16H2,(H,17,18). The van der Waals surface area contributed by atoms with Crippen molar-refractivity contribution in [2.75, 3.05) is 6.54 Å². The average molecular weight is 252 g/mol. The van der Waals surface area contributed by atoms with Crippen LogP contribution in [-0.2, 0) is 4.79 Å². The van der Waals surface area contributed by atoms with Gasteiger partial charge in [-0.25, -0.2) is 0 Å². The molecule has 2 aliphatic carbocycles. The Morgan fingerprint density at radius 2 is 1.78 bits per heavy atom. The number of carbonyl (C=O) groups excluding carboxylic acids is 1. The number of amides is 1. The van der Waals surface area contributed by atoms with E-state index in [9.17, 15) is 4.79 Å². The van der Waals surface area contributed by atoms with Crippen molar-refractivity contribution in [2.24, 2.45) is 11.7 Å². The van der Waals surface area contributed by atoms with Crippen molar-refractivity contribution in [3.8, 4) is 0 Å². The Labute approximate surface area is 111 Å². The van der Waals surface area contributed by atoms with Gasteiger partial charge in [-0.1, -0.05) is 32.1 Å². The number of rotatable bonds is 5. The molecule has 0 aromatic rings. The van der Waals surface area contributed by atoms with Crippen molar-refractivity contribution in [2.45, 2.75) is 76.2 Å². The Morgan fingerprint density at radius 3 is 2.39 bits per heavy atom. The molecule has 3 heteroatoms. The zero-order valence-corrected chi connectivity index (χ0v) is 11.5. The third-order valence-corrected chi connectivity index (χ3v) is 4.78. The van der Waals surface area contributed by atoms with E-state index in [1.165, 1.54) is 32.1 Å². The molecular weight excluding hydrogens is 224 g/mol. The Kier molecular flexibility index (Phi) is 5.04. The maximum absolute atomic E-state index is 12.3. The Bertz CT molecular complexity index is 266. The molecule has 0 aliphatic heterocycles. The summed E-state index contributed by atoms with van der Waals surface area (Å²) >= 11 is 0. The van der Waals surface area contributed by atoms with Crippen molar-refractivity contribution in [3.63, 3.8) is 0 Å². The van der Waals surface area contributed by atoms with Crippen LogP contribution in [-0.4, -0.2) is 18.0 Å². The van der Waals surface area contributed by atoms with Crippen LogP contribution in [0.15, 0.2) is 0 Å². The molecule has 0 heterocycles. The van der Waals surface area contributed by atoms with Crippen LogP contribution in [0.3, 0.4) is 0 Å². The van der Waals surface area contributed by atoms with E-state index in [1.54, 1.807) is 0 Å². The zero-order valence-electron chi connectivity index (χ0n) is 11.5. The van der Waals surface area contributed by atoms with Gasteiger partial charge in [-0.2, -0.15) is 0 Å². The van der Waals surface area contributed by atoms with E-state index in [-0.39, 0.29) is 5.54 Å². The molecule has 0 bridgehead atoms. The van der Waals surface area contributed by atoms with Crippen molar-refractivity contribution >= 4 is 5.91 Å². The lowest BCUT2D eigenvalue weighted by molar-refractivity contribution is -0.127. The number of hydrogen-bond acceptors (Lipinski definition) is 2. The second-order valence-electron chi connectivity index (χ2n) is 6.20. The molecule has 18 heavy (non-hydrogen) atoms. The van der Waals surface area contributed by atoms with E-state index in [1.807, 2.05) is 0 Å². The summed E-state index contributed by atoms with van der Waals surface area (Å²) in [6, 6.07) is 0. The first-order valence-electron chi connectivity index (χ1n) is 7.78. The summed E-state index contributed by atoms with van der Waals surface area (Å²) in [7, 11) is 0. The fourth-order valence-corrected chi connectivity index (χ4v) is 3.66. The summed E-state index contributed by atoms with van der Waals surface area (Å²) in [5.41, 5.74) is 5.73. The summed E-state index contributed by atoms with van der Waals surface area (Å²) in [6.45, 7) is 0.737. The van der Waals surface area contributed by atoms with Gasteiger partial charge in [-0.05, 0) is 45.1 Å². The topological polar surface area (TPSA) is 55.1 Å². The van der Waals surface area contributed by atoms with E-state index in [0.29, 0.717) is 11.8 Å². The molecule has 104 valence electrons. The molecule has 0 spiro atoms. The third kappa shape index (κ3) is 3.47. The van der Waals surface area contributed by atoms with E-state index in [0.717, 1.165) is 45.1 Å². The van der Waals surface area contributed by atoms with Gasteiger partial charge in [0.15, 0.2) is 0 Å². The molecule has 2 fully saturated rings. The second kappa shape index (κ2) is 6.55. The first-order chi connectivity index (χ1) is 8.76.